The minimum absolute atomic E-state index is 0.594. The van der Waals surface area contributed by atoms with Crippen molar-refractivity contribution in [1.82, 2.24) is 9.97 Å². The van der Waals surface area contributed by atoms with Crippen molar-refractivity contribution in [2.75, 3.05) is 0 Å². The normalized spacial score (nSPS) is 11.9. The van der Waals surface area contributed by atoms with Gasteiger partial charge in [-0.3, -0.25) is 9.97 Å². The Kier molecular flexibility index (Phi) is 11.7. The SMILES string of the molecule is C/C(=C\c1ncc(C)nc1C)C(C)(C)C(C)(F)F.CC.CCCC. The zero-order valence-electron chi connectivity index (χ0n) is 17.2. The Hall–Kier alpha value is -1.32. The molecule has 0 aliphatic carbocycles. The van der Waals surface area contributed by atoms with Crippen LogP contribution in [0.3, 0.4) is 0 Å². The van der Waals surface area contributed by atoms with Gasteiger partial charge in [0, 0.05) is 18.5 Å². The number of aryl methyl sites for hydroxylation is 2. The average molecular weight is 343 g/mol. The molecule has 0 fully saturated rings. The molecule has 140 valence electrons. The summed E-state index contributed by atoms with van der Waals surface area (Å²) in [5.41, 5.74) is 1.62. The summed E-state index contributed by atoms with van der Waals surface area (Å²) in [5.74, 6) is -2.78. The highest BCUT2D eigenvalue weighted by molar-refractivity contribution is 5.52. The van der Waals surface area contributed by atoms with Gasteiger partial charge in [-0.1, -0.05) is 60.0 Å². The number of hydrogen-bond acceptors (Lipinski definition) is 2. The molecule has 0 aromatic carbocycles. The van der Waals surface area contributed by atoms with Gasteiger partial charge in [0.15, 0.2) is 0 Å². The van der Waals surface area contributed by atoms with Crippen molar-refractivity contribution in [3.63, 3.8) is 0 Å². The Morgan fingerprint density at radius 1 is 1.08 bits per heavy atom. The van der Waals surface area contributed by atoms with Crippen molar-refractivity contribution in [3.05, 3.63) is 28.9 Å². The monoisotopic (exact) mass is 342 g/mol. The zero-order chi connectivity index (χ0) is 19.6. The molecule has 0 amide bonds. The van der Waals surface area contributed by atoms with Gasteiger partial charge in [-0.15, -0.1) is 0 Å². The van der Waals surface area contributed by atoms with E-state index in [1.165, 1.54) is 26.7 Å². The van der Waals surface area contributed by atoms with E-state index in [-0.39, 0.29) is 0 Å². The van der Waals surface area contributed by atoms with E-state index in [4.69, 9.17) is 0 Å². The molecule has 24 heavy (non-hydrogen) atoms. The fourth-order valence-corrected chi connectivity index (χ4v) is 1.48. The molecule has 1 aromatic rings. The fraction of sp³-hybridized carbons (Fsp3) is 0.700. The van der Waals surface area contributed by atoms with Gasteiger partial charge in [0.05, 0.1) is 17.1 Å². The van der Waals surface area contributed by atoms with E-state index < -0.39 is 11.3 Å². The lowest BCUT2D eigenvalue weighted by Crippen LogP contribution is -2.34. The van der Waals surface area contributed by atoms with Gasteiger partial charge in [-0.05, 0) is 26.8 Å². The number of halogens is 2. The average Bonchev–Trinajstić information content (AvgIpc) is 2.51. The Morgan fingerprint density at radius 2 is 1.54 bits per heavy atom. The summed E-state index contributed by atoms with van der Waals surface area (Å²) in [6.45, 7) is 17.8. The van der Waals surface area contributed by atoms with E-state index in [1.54, 1.807) is 19.2 Å². The third-order valence-corrected chi connectivity index (χ3v) is 4.04. The molecular weight excluding hydrogens is 306 g/mol. The first-order chi connectivity index (χ1) is 11.0. The first-order valence-electron chi connectivity index (χ1n) is 8.84. The second kappa shape index (κ2) is 11.3. The predicted molar refractivity (Wildman–Crippen MR) is 101 cm³/mol. The van der Waals surface area contributed by atoms with Crippen LogP contribution in [-0.2, 0) is 0 Å². The van der Waals surface area contributed by atoms with E-state index >= 15 is 0 Å². The van der Waals surface area contributed by atoms with Crippen molar-refractivity contribution >= 4 is 6.08 Å². The summed E-state index contributed by atoms with van der Waals surface area (Å²) in [6.07, 6.45) is 5.97. The minimum atomic E-state index is -2.78. The molecule has 0 saturated heterocycles. The van der Waals surface area contributed by atoms with Crippen LogP contribution in [-0.4, -0.2) is 15.9 Å². The first-order valence-corrected chi connectivity index (χ1v) is 8.84. The van der Waals surface area contributed by atoms with Gasteiger partial charge in [0.25, 0.3) is 5.92 Å². The molecule has 0 aliphatic rings. The zero-order valence-corrected chi connectivity index (χ0v) is 17.2. The van der Waals surface area contributed by atoms with Crippen LogP contribution in [0.5, 0.6) is 0 Å². The molecule has 0 saturated carbocycles. The van der Waals surface area contributed by atoms with Gasteiger partial charge in [-0.2, -0.15) is 0 Å². The van der Waals surface area contributed by atoms with Crippen molar-refractivity contribution in [1.29, 1.82) is 0 Å². The van der Waals surface area contributed by atoms with E-state index in [0.29, 0.717) is 11.3 Å². The number of rotatable bonds is 4. The lowest BCUT2D eigenvalue weighted by Gasteiger charge is -2.32. The summed E-state index contributed by atoms with van der Waals surface area (Å²) in [7, 11) is 0. The molecule has 4 heteroatoms. The Bertz CT molecular complexity index is 499. The number of aromatic nitrogens is 2. The van der Waals surface area contributed by atoms with Crippen molar-refractivity contribution in [2.45, 2.75) is 88.0 Å². The molecule has 1 aromatic heterocycles. The number of nitrogens with zero attached hydrogens (tertiary/aromatic N) is 2. The van der Waals surface area contributed by atoms with E-state index in [2.05, 4.69) is 23.8 Å². The van der Waals surface area contributed by atoms with Crippen molar-refractivity contribution in [3.8, 4) is 0 Å². The summed E-state index contributed by atoms with van der Waals surface area (Å²) >= 11 is 0. The van der Waals surface area contributed by atoms with Crippen LogP contribution < -0.4 is 0 Å². The van der Waals surface area contributed by atoms with Crippen molar-refractivity contribution in [2.24, 2.45) is 5.41 Å². The summed E-state index contributed by atoms with van der Waals surface area (Å²) < 4.78 is 27.1. The largest absolute Gasteiger partial charge is 0.255 e. The van der Waals surface area contributed by atoms with Crippen LogP contribution in [0, 0.1) is 19.3 Å². The van der Waals surface area contributed by atoms with E-state index in [0.717, 1.165) is 18.3 Å². The molecule has 1 rings (SSSR count). The Morgan fingerprint density at radius 3 is 1.88 bits per heavy atom. The van der Waals surface area contributed by atoms with Crippen LogP contribution in [0.15, 0.2) is 11.8 Å². The van der Waals surface area contributed by atoms with Gasteiger partial charge >= 0.3 is 0 Å². The molecule has 0 N–H and O–H groups in total. The third kappa shape index (κ3) is 7.98. The van der Waals surface area contributed by atoms with Crippen LogP contribution in [0.2, 0.25) is 0 Å². The third-order valence-electron chi connectivity index (χ3n) is 4.04. The highest BCUT2D eigenvalue weighted by Crippen LogP contribution is 2.42. The molecule has 0 unspecified atom stereocenters. The second-order valence-electron chi connectivity index (χ2n) is 6.32. The van der Waals surface area contributed by atoms with Crippen molar-refractivity contribution < 1.29 is 8.78 Å². The highest BCUT2D eigenvalue weighted by Gasteiger charge is 2.43. The Balaban J connectivity index is 0. The van der Waals surface area contributed by atoms with E-state index in [1.807, 2.05) is 27.7 Å². The van der Waals surface area contributed by atoms with Gasteiger partial charge < -0.3 is 0 Å². The van der Waals surface area contributed by atoms with E-state index in [9.17, 15) is 8.78 Å². The lowest BCUT2D eigenvalue weighted by atomic mass is 9.79. The van der Waals surface area contributed by atoms with Crippen LogP contribution in [0.25, 0.3) is 6.08 Å². The molecular formula is C20H36F2N2. The predicted octanol–water partition coefficient (Wildman–Crippen LogP) is 7.01. The van der Waals surface area contributed by atoms with Gasteiger partial charge in [0.1, 0.15) is 0 Å². The summed E-state index contributed by atoms with van der Waals surface area (Å²) in [5, 5.41) is 0. The minimum Gasteiger partial charge on any atom is -0.255 e. The van der Waals surface area contributed by atoms with Crippen LogP contribution >= 0.6 is 0 Å². The van der Waals surface area contributed by atoms with Crippen LogP contribution in [0.4, 0.5) is 8.78 Å². The summed E-state index contributed by atoms with van der Waals surface area (Å²) in [6, 6.07) is 0. The number of unbranched alkanes of at least 4 members (excludes halogenated alkanes) is 1. The smallest absolute Gasteiger partial charge is 0.254 e. The van der Waals surface area contributed by atoms with Crippen LogP contribution in [0.1, 0.15) is 85.3 Å². The maximum absolute atomic E-state index is 13.5. The molecule has 2 nitrogen and oxygen atoms in total. The maximum atomic E-state index is 13.5. The molecule has 1 heterocycles. The molecule has 0 aliphatic heterocycles. The maximum Gasteiger partial charge on any atom is 0.254 e. The number of hydrogen-bond donors (Lipinski definition) is 0. The topological polar surface area (TPSA) is 25.8 Å². The Labute approximate surface area is 147 Å². The molecule has 0 radical (unpaired) electrons. The highest BCUT2D eigenvalue weighted by atomic mass is 19.3. The lowest BCUT2D eigenvalue weighted by molar-refractivity contribution is -0.0685. The first kappa shape index (κ1) is 24.9. The summed E-state index contributed by atoms with van der Waals surface area (Å²) in [4.78, 5) is 8.51. The quantitative estimate of drug-likeness (QED) is 0.588. The standard InChI is InChI=1S/C14H20F2N2.C4H10.C2H6/c1-9(13(4,5)14(6,15)16)7-12-11(3)18-10(2)8-17-12;1-3-4-2;1-2/h7-8H,1-6H3;3-4H2,1-2H3;1-2H3/b9-7+;;. The fourth-order valence-electron chi connectivity index (χ4n) is 1.48. The molecule has 0 atom stereocenters. The molecule has 0 bridgehead atoms. The number of allylic oxidation sites excluding steroid dienone is 1. The number of alkyl halides is 2. The van der Waals surface area contributed by atoms with Gasteiger partial charge in [-0.25, -0.2) is 8.78 Å². The molecule has 0 spiro atoms. The second-order valence-corrected chi connectivity index (χ2v) is 6.32. The van der Waals surface area contributed by atoms with Gasteiger partial charge in [0.2, 0.25) is 0 Å².